The van der Waals surface area contributed by atoms with Gasteiger partial charge in [-0.1, -0.05) is 54.6 Å². The lowest BCUT2D eigenvalue weighted by Gasteiger charge is -2.38. The van der Waals surface area contributed by atoms with Crippen LogP contribution in [0.2, 0.25) is 0 Å². The topological polar surface area (TPSA) is 119 Å². The van der Waals surface area contributed by atoms with Crippen molar-refractivity contribution < 1.29 is 9.90 Å². The second kappa shape index (κ2) is 7.48. The van der Waals surface area contributed by atoms with Gasteiger partial charge in [0.2, 0.25) is 5.69 Å². The van der Waals surface area contributed by atoms with Crippen molar-refractivity contribution in [2.75, 3.05) is 13.1 Å². The van der Waals surface area contributed by atoms with Crippen LogP contribution in [0.4, 0.5) is 0 Å². The molecule has 1 amide bonds. The maximum atomic E-state index is 12.5. The average Bonchev–Trinajstić information content (AvgIpc) is 2.75. The number of hydrogen-bond donors (Lipinski definition) is 3. The molecule has 1 fully saturated rings. The van der Waals surface area contributed by atoms with E-state index >= 15 is 0 Å². The molecular weight excluding hydrogens is 372 g/mol. The molecule has 29 heavy (non-hydrogen) atoms. The lowest BCUT2D eigenvalue weighted by molar-refractivity contribution is -0.0213. The lowest BCUT2D eigenvalue weighted by atomic mass is 9.83. The maximum Gasteiger partial charge on any atom is 0.342 e. The number of amides is 1. The Morgan fingerprint density at radius 2 is 1.59 bits per heavy atom. The van der Waals surface area contributed by atoms with Gasteiger partial charge in [0.1, 0.15) is 0 Å². The third-order valence-electron chi connectivity index (χ3n) is 5.32. The number of aliphatic hydroxyl groups is 1. The molecule has 0 aliphatic carbocycles. The number of piperidine rings is 1. The highest BCUT2D eigenvalue weighted by Gasteiger charge is 2.36. The predicted molar refractivity (Wildman–Crippen MR) is 106 cm³/mol. The minimum absolute atomic E-state index is 0.274. The van der Waals surface area contributed by atoms with Crippen LogP contribution in [0.1, 0.15) is 28.9 Å². The summed E-state index contributed by atoms with van der Waals surface area (Å²) in [7, 11) is 0. The summed E-state index contributed by atoms with van der Waals surface area (Å²) < 4.78 is 0. The molecule has 0 radical (unpaired) electrons. The minimum Gasteiger partial charge on any atom is -0.385 e. The molecule has 0 saturated carbocycles. The van der Waals surface area contributed by atoms with Crippen LogP contribution in [-0.4, -0.2) is 44.2 Å². The number of hydrogen-bond acceptors (Lipinski definition) is 5. The van der Waals surface area contributed by atoms with E-state index < -0.39 is 22.8 Å². The van der Waals surface area contributed by atoms with Crippen LogP contribution in [-0.2, 0) is 5.60 Å². The van der Waals surface area contributed by atoms with Crippen LogP contribution in [0, 0.1) is 0 Å². The first-order chi connectivity index (χ1) is 14.0. The zero-order valence-electron chi connectivity index (χ0n) is 15.6. The second-order valence-corrected chi connectivity index (χ2v) is 7.12. The van der Waals surface area contributed by atoms with Gasteiger partial charge in [0.15, 0.2) is 0 Å². The molecule has 1 saturated heterocycles. The quantitative estimate of drug-likeness (QED) is 0.620. The number of likely N-dealkylation sites (tertiary alicyclic amines) is 1. The van der Waals surface area contributed by atoms with Crippen molar-refractivity contribution in [2.24, 2.45) is 0 Å². The molecule has 1 aliphatic rings. The Morgan fingerprint density at radius 3 is 2.21 bits per heavy atom. The molecule has 4 rings (SSSR count). The van der Waals surface area contributed by atoms with Crippen LogP contribution in [0.3, 0.4) is 0 Å². The van der Waals surface area contributed by atoms with Gasteiger partial charge in [0.05, 0.1) is 5.60 Å². The number of benzene rings is 2. The normalized spacial score (nSPS) is 15.8. The molecule has 2 heterocycles. The summed E-state index contributed by atoms with van der Waals surface area (Å²) in [5.41, 5.74) is -0.0308. The van der Waals surface area contributed by atoms with Crippen molar-refractivity contribution in [3.8, 4) is 11.1 Å². The van der Waals surface area contributed by atoms with Gasteiger partial charge < -0.3 is 10.0 Å². The highest BCUT2D eigenvalue weighted by Crippen LogP contribution is 2.34. The SMILES string of the molecule is O=C(c1n[nH]c(=O)[nH]c1=O)N1CCC(O)(c2ccc(-c3ccccc3)cc2)CC1. The van der Waals surface area contributed by atoms with Gasteiger partial charge >= 0.3 is 5.69 Å². The van der Waals surface area contributed by atoms with Crippen LogP contribution in [0.5, 0.6) is 0 Å². The Bertz CT molecular complexity index is 1130. The van der Waals surface area contributed by atoms with Crippen molar-refractivity contribution in [3.05, 3.63) is 86.7 Å². The molecule has 1 aliphatic heterocycles. The molecule has 0 bridgehead atoms. The van der Waals surface area contributed by atoms with Crippen LogP contribution in [0.15, 0.2) is 64.2 Å². The molecule has 3 aromatic rings. The molecule has 2 aromatic carbocycles. The van der Waals surface area contributed by atoms with E-state index in [4.69, 9.17) is 0 Å². The number of carbonyl (C=O) groups excluding carboxylic acids is 1. The standard InChI is InChI=1S/C21H20N4O4/c26-18-17(23-24-20(28)22-18)19(27)25-12-10-21(29,11-13-25)16-8-6-15(7-9-16)14-4-2-1-3-5-14/h1-9,29H,10-13H2,(H2,22,24,26,28). The Hall–Kier alpha value is -3.52. The Balaban J connectivity index is 1.47. The summed E-state index contributed by atoms with van der Waals surface area (Å²) >= 11 is 0. The molecule has 0 unspecified atom stereocenters. The third kappa shape index (κ3) is 3.74. The lowest BCUT2D eigenvalue weighted by Crippen LogP contribution is -2.47. The van der Waals surface area contributed by atoms with E-state index in [0.29, 0.717) is 12.8 Å². The van der Waals surface area contributed by atoms with Crippen molar-refractivity contribution >= 4 is 5.91 Å². The molecule has 8 nitrogen and oxygen atoms in total. The van der Waals surface area contributed by atoms with Gasteiger partial charge in [-0.2, -0.15) is 5.10 Å². The minimum atomic E-state index is -1.04. The summed E-state index contributed by atoms with van der Waals surface area (Å²) in [4.78, 5) is 38.8. The zero-order valence-corrected chi connectivity index (χ0v) is 15.6. The number of nitrogens with one attached hydrogen (secondary N) is 2. The summed E-state index contributed by atoms with van der Waals surface area (Å²) in [5.74, 6) is -0.566. The van der Waals surface area contributed by atoms with E-state index in [1.807, 2.05) is 59.6 Å². The van der Waals surface area contributed by atoms with Crippen LogP contribution >= 0.6 is 0 Å². The third-order valence-corrected chi connectivity index (χ3v) is 5.32. The van der Waals surface area contributed by atoms with Crippen molar-refractivity contribution in [1.29, 1.82) is 0 Å². The average molecular weight is 392 g/mol. The van der Waals surface area contributed by atoms with Gasteiger partial charge in [-0.05, 0) is 29.5 Å². The van der Waals surface area contributed by atoms with Gasteiger partial charge in [-0.15, -0.1) is 0 Å². The first-order valence-electron chi connectivity index (χ1n) is 9.33. The molecular formula is C21H20N4O4. The van der Waals surface area contributed by atoms with Gasteiger partial charge in [-0.25, -0.2) is 9.89 Å². The number of aromatic amines is 2. The second-order valence-electron chi connectivity index (χ2n) is 7.12. The largest absolute Gasteiger partial charge is 0.385 e. The Labute approximate surface area is 165 Å². The fraction of sp³-hybridized carbons (Fsp3) is 0.238. The summed E-state index contributed by atoms with van der Waals surface area (Å²) in [6.07, 6.45) is 0.676. The van der Waals surface area contributed by atoms with E-state index in [9.17, 15) is 19.5 Å². The maximum absolute atomic E-state index is 12.5. The summed E-state index contributed by atoms with van der Waals surface area (Å²) in [5, 5.41) is 16.7. The number of carbonyl (C=O) groups is 1. The Kier molecular flexibility index (Phi) is 4.85. The van der Waals surface area contributed by atoms with Gasteiger partial charge in [0, 0.05) is 13.1 Å². The van der Waals surface area contributed by atoms with Gasteiger partial charge in [0.25, 0.3) is 11.5 Å². The van der Waals surface area contributed by atoms with E-state index in [1.165, 1.54) is 4.90 Å². The molecule has 0 spiro atoms. The molecule has 8 heteroatoms. The number of nitrogens with zero attached hydrogens (tertiary/aromatic N) is 2. The number of H-pyrrole nitrogens is 2. The summed E-state index contributed by atoms with van der Waals surface area (Å²) in [6, 6.07) is 17.8. The highest BCUT2D eigenvalue weighted by molar-refractivity contribution is 5.91. The van der Waals surface area contributed by atoms with Crippen molar-refractivity contribution in [3.63, 3.8) is 0 Å². The van der Waals surface area contributed by atoms with E-state index in [2.05, 4.69) is 10.2 Å². The first kappa shape index (κ1) is 18.8. The number of aromatic nitrogens is 3. The van der Waals surface area contributed by atoms with E-state index in [-0.39, 0.29) is 18.8 Å². The fourth-order valence-electron chi connectivity index (χ4n) is 3.61. The summed E-state index contributed by atoms with van der Waals surface area (Å²) in [6.45, 7) is 0.548. The fourth-order valence-corrected chi connectivity index (χ4v) is 3.61. The zero-order chi connectivity index (χ0) is 20.4. The van der Waals surface area contributed by atoms with Crippen LogP contribution < -0.4 is 11.2 Å². The number of rotatable bonds is 3. The van der Waals surface area contributed by atoms with Gasteiger partial charge in [-0.3, -0.25) is 14.6 Å². The molecule has 1 aromatic heterocycles. The van der Waals surface area contributed by atoms with Crippen molar-refractivity contribution in [2.45, 2.75) is 18.4 Å². The molecule has 148 valence electrons. The molecule has 3 N–H and O–H groups in total. The van der Waals surface area contributed by atoms with E-state index in [0.717, 1.165) is 16.7 Å². The Morgan fingerprint density at radius 1 is 0.966 bits per heavy atom. The monoisotopic (exact) mass is 392 g/mol. The van der Waals surface area contributed by atoms with Crippen LogP contribution in [0.25, 0.3) is 11.1 Å². The van der Waals surface area contributed by atoms with E-state index in [1.54, 1.807) is 0 Å². The predicted octanol–water partition coefficient (Wildman–Crippen LogP) is 1.25. The van der Waals surface area contributed by atoms with Crippen molar-refractivity contribution in [1.82, 2.24) is 20.1 Å². The highest BCUT2D eigenvalue weighted by atomic mass is 16.3. The molecule has 0 atom stereocenters. The first-order valence-corrected chi connectivity index (χ1v) is 9.33. The smallest absolute Gasteiger partial charge is 0.342 e.